The molecule has 1 heterocycles. The van der Waals surface area contributed by atoms with E-state index in [2.05, 4.69) is 19.4 Å². The lowest BCUT2D eigenvalue weighted by Crippen LogP contribution is -2.43. The van der Waals surface area contributed by atoms with Crippen molar-refractivity contribution in [2.24, 2.45) is 0 Å². The number of hydrogen-bond acceptors (Lipinski definition) is 8. The van der Waals surface area contributed by atoms with Gasteiger partial charge in [-0.05, 0) is 55.8 Å². The molecule has 2 aromatic carbocycles. The molecule has 2 unspecified atom stereocenters. The second kappa shape index (κ2) is 10.1. The van der Waals surface area contributed by atoms with Crippen LogP contribution in [0.1, 0.15) is 25.2 Å². The predicted molar refractivity (Wildman–Crippen MR) is 122 cm³/mol. The molecule has 3 rings (SSSR count). The quantitative estimate of drug-likeness (QED) is 0.476. The van der Waals surface area contributed by atoms with Crippen LogP contribution in [0, 0.1) is 0 Å². The van der Waals surface area contributed by atoms with Crippen molar-refractivity contribution in [2.75, 3.05) is 19.5 Å². The Bertz CT molecular complexity index is 1100. The van der Waals surface area contributed by atoms with E-state index in [0.29, 0.717) is 23.1 Å². The monoisotopic (exact) mass is 462 g/mol. The number of methoxy groups -OCH3 is 2. The van der Waals surface area contributed by atoms with Crippen LogP contribution in [-0.2, 0) is 16.4 Å². The normalized spacial score (nSPS) is 13.4. The molecule has 0 amide bonds. The van der Waals surface area contributed by atoms with E-state index in [0.717, 1.165) is 11.3 Å². The number of benzene rings is 2. The van der Waals surface area contributed by atoms with Crippen LogP contribution in [0.2, 0.25) is 0 Å². The summed E-state index contributed by atoms with van der Waals surface area (Å²) in [5, 5.41) is 3.88. The highest BCUT2D eigenvalue weighted by molar-refractivity contribution is 7.89. The van der Waals surface area contributed by atoms with Crippen molar-refractivity contribution < 1.29 is 17.9 Å². The van der Waals surface area contributed by atoms with Gasteiger partial charge in [0.2, 0.25) is 15.2 Å². The largest absolute Gasteiger partial charge is 0.497 e. The molecule has 2 atom stereocenters. The summed E-state index contributed by atoms with van der Waals surface area (Å²) in [6, 6.07) is 13.5. The van der Waals surface area contributed by atoms with Gasteiger partial charge in [0.15, 0.2) is 0 Å². The molecule has 0 aliphatic heterocycles. The van der Waals surface area contributed by atoms with Gasteiger partial charge in [-0.15, -0.1) is 0 Å². The number of hydrogen-bond donors (Lipinski definition) is 2. The maximum Gasteiger partial charge on any atom is 0.240 e. The lowest BCUT2D eigenvalue weighted by molar-refractivity contribution is 0.414. The second-order valence-electron chi connectivity index (χ2n) is 7.06. The zero-order chi connectivity index (χ0) is 22.4. The number of sulfonamides is 1. The van der Waals surface area contributed by atoms with Crippen LogP contribution in [-0.4, -0.2) is 44.1 Å². The molecule has 0 radical (unpaired) electrons. The second-order valence-corrected chi connectivity index (χ2v) is 9.53. The molecule has 1 aromatic heterocycles. The van der Waals surface area contributed by atoms with Crippen molar-refractivity contribution in [3.8, 4) is 11.5 Å². The molecule has 0 bridgehead atoms. The zero-order valence-corrected chi connectivity index (χ0v) is 19.5. The van der Waals surface area contributed by atoms with E-state index < -0.39 is 10.0 Å². The summed E-state index contributed by atoms with van der Waals surface area (Å²) < 4.78 is 42.7. The van der Waals surface area contributed by atoms with Crippen molar-refractivity contribution >= 4 is 26.7 Å². The molecular weight excluding hydrogens is 436 g/mol. The first-order chi connectivity index (χ1) is 14.8. The molecule has 3 aromatic rings. The highest BCUT2D eigenvalue weighted by Gasteiger charge is 2.22. The summed E-state index contributed by atoms with van der Waals surface area (Å²) in [6.07, 6.45) is 0.587. The first-order valence-corrected chi connectivity index (χ1v) is 11.9. The van der Waals surface area contributed by atoms with Gasteiger partial charge < -0.3 is 14.8 Å². The molecule has 0 fully saturated rings. The molecule has 166 valence electrons. The number of anilines is 1. The molecular formula is C21H26N4O4S2. The molecule has 0 aliphatic rings. The fraction of sp³-hybridized carbons (Fsp3) is 0.333. The van der Waals surface area contributed by atoms with Crippen LogP contribution in [0.25, 0.3) is 0 Å². The van der Waals surface area contributed by atoms with Gasteiger partial charge in [0.05, 0.1) is 19.1 Å². The third kappa shape index (κ3) is 6.16. The van der Waals surface area contributed by atoms with E-state index >= 15 is 0 Å². The van der Waals surface area contributed by atoms with Gasteiger partial charge in [-0.25, -0.2) is 18.1 Å². The first-order valence-electron chi connectivity index (χ1n) is 9.69. The van der Waals surface area contributed by atoms with Gasteiger partial charge in [0, 0.05) is 30.0 Å². The van der Waals surface area contributed by atoms with Crippen LogP contribution in [0.3, 0.4) is 0 Å². The van der Waals surface area contributed by atoms with Crippen LogP contribution in [0.15, 0.2) is 53.4 Å². The van der Waals surface area contributed by atoms with Crippen molar-refractivity contribution in [2.45, 2.75) is 37.2 Å². The SMILES string of the molecule is COc1ccc(S(=O)(=O)NC(C)C(C)Nc2nc(Cc3cccc(OC)c3)ns2)cc1. The smallest absolute Gasteiger partial charge is 0.240 e. The van der Waals surface area contributed by atoms with E-state index in [1.165, 1.54) is 30.8 Å². The van der Waals surface area contributed by atoms with Gasteiger partial charge in [-0.3, -0.25) is 0 Å². The molecule has 0 saturated carbocycles. The topological polar surface area (TPSA) is 102 Å². The summed E-state index contributed by atoms with van der Waals surface area (Å²) in [5.41, 5.74) is 1.05. The summed E-state index contributed by atoms with van der Waals surface area (Å²) >= 11 is 1.25. The Balaban J connectivity index is 1.59. The van der Waals surface area contributed by atoms with E-state index in [4.69, 9.17) is 9.47 Å². The highest BCUT2D eigenvalue weighted by atomic mass is 32.2. The lowest BCUT2D eigenvalue weighted by atomic mass is 10.1. The van der Waals surface area contributed by atoms with Crippen LogP contribution in [0.5, 0.6) is 11.5 Å². The Kier molecular flexibility index (Phi) is 7.47. The lowest BCUT2D eigenvalue weighted by Gasteiger charge is -2.22. The van der Waals surface area contributed by atoms with Crippen LogP contribution < -0.4 is 19.5 Å². The van der Waals surface area contributed by atoms with Crippen molar-refractivity contribution in [1.29, 1.82) is 0 Å². The Morgan fingerprint density at radius 1 is 1.00 bits per heavy atom. The summed E-state index contributed by atoms with van der Waals surface area (Å²) in [7, 11) is -0.487. The molecule has 0 spiro atoms. The molecule has 10 heteroatoms. The summed E-state index contributed by atoms with van der Waals surface area (Å²) in [4.78, 5) is 4.71. The average molecular weight is 463 g/mol. The third-order valence-electron chi connectivity index (χ3n) is 4.78. The number of nitrogens with one attached hydrogen (secondary N) is 2. The maximum atomic E-state index is 12.6. The fourth-order valence-corrected chi connectivity index (χ4v) is 4.84. The minimum absolute atomic E-state index is 0.184. The standard InChI is InChI=1S/C21H26N4O4S2/c1-14(15(2)25-31(26,27)19-10-8-17(28-3)9-11-19)22-21-23-20(24-30-21)13-16-6-5-7-18(12-16)29-4/h5-12,14-15,25H,13H2,1-4H3,(H,22,23,24). The summed E-state index contributed by atoms with van der Waals surface area (Å²) in [5.74, 6) is 2.08. The van der Waals surface area contributed by atoms with E-state index in [-0.39, 0.29) is 17.0 Å². The third-order valence-corrected chi connectivity index (χ3v) is 7.04. The van der Waals surface area contributed by atoms with Crippen LogP contribution in [0.4, 0.5) is 5.13 Å². The Hall–Kier alpha value is -2.69. The predicted octanol–water partition coefficient (Wildman–Crippen LogP) is 3.31. The van der Waals surface area contributed by atoms with Crippen molar-refractivity contribution in [3.63, 3.8) is 0 Å². The Morgan fingerprint density at radius 3 is 2.39 bits per heavy atom. The van der Waals surface area contributed by atoms with Gasteiger partial charge in [0.25, 0.3) is 0 Å². The number of rotatable bonds is 10. The molecule has 31 heavy (non-hydrogen) atoms. The maximum absolute atomic E-state index is 12.6. The average Bonchev–Trinajstić information content (AvgIpc) is 3.20. The zero-order valence-electron chi connectivity index (χ0n) is 17.8. The minimum Gasteiger partial charge on any atom is -0.497 e. The van der Waals surface area contributed by atoms with E-state index in [9.17, 15) is 8.42 Å². The Morgan fingerprint density at radius 2 is 1.71 bits per heavy atom. The summed E-state index contributed by atoms with van der Waals surface area (Å²) in [6.45, 7) is 3.70. The minimum atomic E-state index is -3.65. The number of ether oxygens (including phenoxy) is 2. The van der Waals surface area contributed by atoms with Gasteiger partial charge in [0.1, 0.15) is 17.3 Å². The van der Waals surface area contributed by atoms with E-state index in [1.807, 2.05) is 31.2 Å². The van der Waals surface area contributed by atoms with Crippen molar-refractivity contribution in [1.82, 2.24) is 14.1 Å². The number of aromatic nitrogens is 2. The van der Waals surface area contributed by atoms with Gasteiger partial charge >= 0.3 is 0 Å². The molecule has 0 saturated heterocycles. The molecule has 0 aliphatic carbocycles. The van der Waals surface area contributed by atoms with Gasteiger partial charge in [-0.1, -0.05) is 12.1 Å². The Labute approximate surface area is 186 Å². The van der Waals surface area contributed by atoms with E-state index in [1.54, 1.807) is 26.2 Å². The van der Waals surface area contributed by atoms with Gasteiger partial charge in [-0.2, -0.15) is 4.37 Å². The molecule has 8 nitrogen and oxygen atoms in total. The molecule has 2 N–H and O–H groups in total. The first kappa shape index (κ1) is 23.0. The number of nitrogens with zero attached hydrogens (tertiary/aromatic N) is 2. The fourth-order valence-electron chi connectivity index (χ4n) is 2.84. The highest BCUT2D eigenvalue weighted by Crippen LogP contribution is 2.20. The van der Waals surface area contributed by atoms with Crippen molar-refractivity contribution in [3.05, 3.63) is 59.9 Å². The van der Waals surface area contributed by atoms with Crippen LogP contribution >= 0.6 is 11.5 Å².